The fraction of sp³-hybridized carbons (Fsp3) is 0.417. The molecule has 2 saturated heterocycles. The maximum atomic E-state index is 13.5. The van der Waals surface area contributed by atoms with Crippen LogP contribution < -0.4 is 14.5 Å². The van der Waals surface area contributed by atoms with Gasteiger partial charge >= 0.3 is 11.9 Å². The Morgan fingerprint density at radius 1 is 1.03 bits per heavy atom. The summed E-state index contributed by atoms with van der Waals surface area (Å²) in [6.45, 7) is 4.87. The molecule has 0 N–H and O–H groups in total. The molecule has 168 valence electrons. The van der Waals surface area contributed by atoms with E-state index in [1.165, 1.54) is 0 Å². The zero-order valence-electron chi connectivity index (χ0n) is 18.3. The number of esters is 2. The zero-order chi connectivity index (χ0) is 22.7. The number of cyclic esters (lactones) is 2. The Balaban J connectivity index is 1.62. The van der Waals surface area contributed by atoms with Crippen LogP contribution in [0.5, 0.6) is 5.75 Å². The van der Waals surface area contributed by atoms with Crippen molar-refractivity contribution in [1.82, 2.24) is 0 Å². The van der Waals surface area contributed by atoms with Crippen LogP contribution in [0, 0.1) is 5.41 Å². The van der Waals surface area contributed by atoms with E-state index in [1.807, 2.05) is 36.4 Å². The molecule has 7 nitrogen and oxygen atoms in total. The number of carbonyl (C=O) groups is 2. The molecule has 0 aliphatic carbocycles. The Bertz CT molecular complexity index is 1080. The van der Waals surface area contributed by atoms with Gasteiger partial charge in [-0.25, -0.2) is 0 Å². The Morgan fingerprint density at radius 3 is 2.47 bits per heavy atom. The lowest BCUT2D eigenvalue weighted by molar-refractivity contribution is -0.253. The first kappa shape index (κ1) is 20.9. The maximum absolute atomic E-state index is 13.5. The summed E-state index contributed by atoms with van der Waals surface area (Å²) in [5.41, 5.74) is 1.28. The van der Waals surface area contributed by atoms with E-state index < -0.39 is 29.2 Å². The first-order valence-electron chi connectivity index (χ1n) is 10.6. The summed E-state index contributed by atoms with van der Waals surface area (Å²) in [5, 5.41) is 0.612. The quantitative estimate of drug-likeness (QED) is 0.506. The highest BCUT2D eigenvalue weighted by molar-refractivity contribution is 6.31. The number of para-hydroxylation sites is 2. The van der Waals surface area contributed by atoms with Crippen molar-refractivity contribution in [2.75, 3.05) is 36.5 Å². The summed E-state index contributed by atoms with van der Waals surface area (Å²) in [6.07, 6.45) is 0.203. The molecule has 0 bridgehead atoms. The average Bonchev–Trinajstić information content (AvgIpc) is 2.76. The van der Waals surface area contributed by atoms with Crippen molar-refractivity contribution in [3.05, 3.63) is 53.1 Å². The Labute approximate surface area is 191 Å². The number of nitrogens with zero attached hydrogens (tertiary/aromatic N) is 2. The molecule has 32 heavy (non-hydrogen) atoms. The fourth-order valence-electron chi connectivity index (χ4n) is 5.12. The standard InChI is InChI=1S/C24H25ClN2O5/c1-23(2)31-21(28)24(22(29)32-23)13-15-8-9-16(25)12-18(15)27-11-10-26(14-20(24)27)17-6-4-5-7-19(17)30-3/h4-9,12,20H,10-11,13-14H2,1-3H3/t20-/m1/s1. The monoisotopic (exact) mass is 456 g/mol. The minimum atomic E-state index is -1.46. The molecule has 0 amide bonds. The highest BCUT2D eigenvalue weighted by atomic mass is 35.5. The smallest absolute Gasteiger partial charge is 0.329 e. The largest absolute Gasteiger partial charge is 0.495 e. The number of carbonyl (C=O) groups excluding carboxylic acids is 2. The summed E-state index contributed by atoms with van der Waals surface area (Å²) in [5.74, 6) is -1.64. The van der Waals surface area contributed by atoms with Crippen LogP contribution >= 0.6 is 11.6 Å². The average molecular weight is 457 g/mol. The van der Waals surface area contributed by atoms with Gasteiger partial charge in [0.05, 0.1) is 18.8 Å². The van der Waals surface area contributed by atoms with Crippen LogP contribution in [0.4, 0.5) is 11.4 Å². The van der Waals surface area contributed by atoms with E-state index in [0.717, 1.165) is 22.7 Å². The van der Waals surface area contributed by atoms with Gasteiger partial charge in [-0.3, -0.25) is 9.59 Å². The normalized spacial score (nSPS) is 23.2. The number of ether oxygens (including phenoxy) is 3. The van der Waals surface area contributed by atoms with E-state index in [-0.39, 0.29) is 6.42 Å². The third kappa shape index (κ3) is 3.10. The van der Waals surface area contributed by atoms with Crippen molar-refractivity contribution in [1.29, 1.82) is 0 Å². The number of hydrogen-bond acceptors (Lipinski definition) is 7. The SMILES string of the molecule is COc1ccccc1N1CCN2c3cc(Cl)ccc3CC3(C(=O)OC(C)(C)OC3=O)[C@H]2C1. The number of anilines is 2. The maximum Gasteiger partial charge on any atom is 0.329 e. The Hall–Kier alpha value is -2.93. The van der Waals surface area contributed by atoms with Crippen LogP contribution in [0.3, 0.4) is 0 Å². The van der Waals surface area contributed by atoms with Gasteiger partial charge in [-0.2, -0.15) is 0 Å². The number of piperazine rings is 1. The molecule has 0 aromatic heterocycles. The lowest BCUT2D eigenvalue weighted by Crippen LogP contribution is -2.71. The second kappa shape index (κ2) is 7.30. The van der Waals surface area contributed by atoms with E-state index in [2.05, 4.69) is 9.80 Å². The summed E-state index contributed by atoms with van der Waals surface area (Å²) in [6, 6.07) is 12.8. The van der Waals surface area contributed by atoms with E-state index in [0.29, 0.717) is 24.7 Å². The molecule has 5 rings (SSSR count). The van der Waals surface area contributed by atoms with E-state index in [9.17, 15) is 9.59 Å². The van der Waals surface area contributed by atoms with Gasteiger partial charge in [0, 0.05) is 50.6 Å². The molecule has 0 saturated carbocycles. The van der Waals surface area contributed by atoms with Crippen molar-refractivity contribution in [3.63, 3.8) is 0 Å². The second-order valence-corrected chi connectivity index (χ2v) is 9.36. The van der Waals surface area contributed by atoms with Crippen molar-refractivity contribution in [2.24, 2.45) is 5.41 Å². The highest BCUT2D eigenvalue weighted by Crippen LogP contribution is 2.49. The number of hydrogen-bond donors (Lipinski definition) is 0. The number of rotatable bonds is 2. The van der Waals surface area contributed by atoms with Gasteiger partial charge in [0.15, 0.2) is 5.41 Å². The number of fused-ring (bicyclic) bond motifs is 4. The molecule has 1 spiro atoms. The number of methoxy groups -OCH3 is 1. The van der Waals surface area contributed by atoms with Gasteiger partial charge in [-0.15, -0.1) is 0 Å². The summed E-state index contributed by atoms with van der Waals surface area (Å²) in [7, 11) is 1.63. The van der Waals surface area contributed by atoms with Crippen molar-refractivity contribution in [3.8, 4) is 5.75 Å². The van der Waals surface area contributed by atoms with Gasteiger partial charge in [-0.1, -0.05) is 29.8 Å². The molecule has 2 aromatic rings. The van der Waals surface area contributed by atoms with Gasteiger partial charge in [-0.05, 0) is 29.8 Å². The minimum absolute atomic E-state index is 0.203. The van der Waals surface area contributed by atoms with Crippen LogP contribution in [-0.2, 0) is 25.5 Å². The van der Waals surface area contributed by atoms with Gasteiger partial charge in [0.25, 0.3) is 5.79 Å². The lowest BCUT2D eigenvalue weighted by Gasteiger charge is -2.55. The molecule has 3 aliphatic heterocycles. The first-order valence-corrected chi connectivity index (χ1v) is 11.0. The van der Waals surface area contributed by atoms with E-state index >= 15 is 0 Å². The summed E-state index contributed by atoms with van der Waals surface area (Å²) >= 11 is 6.31. The lowest BCUT2D eigenvalue weighted by atomic mass is 9.69. The predicted molar refractivity (Wildman–Crippen MR) is 120 cm³/mol. The van der Waals surface area contributed by atoms with Gasteiger partial charge < -0.3 is 24.0 Å². The first-order chi connectivity index (χ1) is 15.2. The van der Waals surface area contributed by atoms with Crippen LogP contribution in [0.15, 0.2) is 42.5 Å². The van der Waals surface area contributed by atoms with Crippen molar-refractivity contribution >= 4 is 34.9 Å². The molecule has 8 heteroatoms. The zero-order valence-corrected chi connectivity index (χ0v) is 19.0. The van der Waals surface area contributed by atoms with Crippen LogP contribution in [-0.4, -0.2) is 50.5 Å². The number of benzene rings is 2. The number of halogens is 1. The van der Waals surface area contributed by atoms with E-state index in [4.69, 9.17) is 25.8 Å². The Morgan fingerprint density at radius 2 is 1.75 bits per heavy atom. The fourth-order valence-corrected chi connectivity index (χ4v) is 5.29. The molecular formula is C24H25ClN2O5. The van der Waals surface area contributed by atoms with E-state index in [1.54, 1.807) is 27.0 Å². The molecule has 3 heterocycles. The molecule has 3 aliphatic rings. The minimum Gasteiger partial charge on any atom is -0.495 e. The van der Waals surface area contributed by atoms with Gasteiger partial charge in [0.2, 0.25) is 0 Å². The molecule has 2 fully saturated rings. The molecule has 0 radical (unpaired) electrons. The van der Waals surface area contributed by atoms with Crippen LogP contribution in [0.25, 0.3) is 0 Å². The third-order valence-electron chi connectivity index (χ3n) is 6.61. The summed E-state index contributed by atoms with van der Waals surface area (Å²) in [4.78, 5) is 31.2. The van der Waals surface area contributed by atoms with Crippen LogP contribution in [0.2, 0.25) is 5.02 Å². The Kier molecular flexibility index (Phi) is 4.78. The predicted octanol–water partition coefficient (Wildman–Crippen LogP) is 3.42. The van der Waals surface area contributed by atoms with Crippen LogP contribution in [0.1, 0.15) is 19.4 Å². The van der Waals surface area contributed by atoms with Crippen molar-refractivity contribution < 1.29 is 23.8 Å². The highest BCUT2D eigenvalue weighted by Gasteiger charge is 2.64. The topological polar surface area (TPSA) is 68.3 Å². The second-order valence-electron chi connectivity index (χ2n) is 8.93. The van der Waals surface area contributed by atoms with Crippen molar-refractivity contribution in [2.45, 2.75) is 32.1 Å². The third-order valence-corrected chi connectivity index (χ3v) is 6.84. The molecule has 1 atom stereocenters. The molecule has 2 aromatic carbocycles. The van der Waals surface area contributed by atoms with Gasteiger partial charge in [0.1, 0.15) is 5.75 Å². The summed E-state index contributed by atoms with van der Waals surface area (Å²) < 4.78 is 16.8. The molecular weight excluding hydrogens is 432 g/mol. The molecule has 0 unspecified atom stereocenters.